The summed E-state index contributed by atoms with van der Waals surface area (Å²) in [4.78, 5) is 3.88. The second kappa shape index (κ2) is 8.29. The minimum absolute atomic E-state index is 0.106. The van der Waals surface area contributed by atoms with Gasteiger partial charge < -0.3 is 4.74 Å². The summed E-state index contributed by atoms with van der Waals surface area (Å²) < 4.78 is 4.80. The van der Waals surface area contributed by atoms with Crippen molar-refractivity contribution in [1.82, 2.24) is 4.98 Å². The van der Waals surface area contributed by atoms with Crippen LogP contribution in [0.15, 0.2) is 24.4 Å². The van der Waals surface area contributed by atoms with E-state index in [-0.39, 0.29) is 15.9 Å². The molecule has 0 fully saturated rings. The first-order valence-corrected chi connectivity index (χ1v) is 6.63. The van der Waals surface area contributed by atoms with Gasteiger partial charge >= 0.3 is 35.0 Å². The van der Waals surface area contributed by atoms with Crippen LogP contribution in [0.25, 0.3) is 0 Å². The number of nitrogens with zero attached hydrogens (tertiary/aromatic N) is 1. The fourth-order valence-corrected chi connectivity index (χ4v) is 0.468. The molecule has 2 nitrogen and oxygen atoms in total. The quantitative estimate of drug-likeness (QED) is 0.740. The molecule has 0 unspecified atom stereocenters. The van der Waals surface area contributed by atoms with Crippen molar-refractivity contribution < 1.29 is 20.7 Å². The number of halogens is 2. The molecule has 11 heavy (non-hydrogen) atoms. The van der Waals surface area contributed by atoms with Gasteiger partial charge in [-0.25, -0.2) is 4.98 Å². The molecule has 0 aliphatic carbocycles. The van der Waals surface area contributed by atoms with Gasteiger partial charge in [0.25, 0.3) is 0 Å². The number of pyridine rings is 1. The van der Waals surface area contributed by atoms with Crippen LogP contribution in [0.5, 0.6) is 5.88 Å². The molecular weight excluding hydrogens is 279 g/mol. The zero-order valence-corrected chi connectivity index (χ0v) is 8.80. The summed E-state index contributed by atoms with van der Waals surface area (Å²) in [7, 11) is 11.2. The van der Waals surface area contributed by atoms with Crippen LogP contribution in [0.3, 0.4) is 0 Å². The Kier molecular flexibility index (Phi) is 8.44. The summed E-state index contributed by atoms with van der Waals surface area (Å²) in [5.41, 5.74) is 0. The molecule has 0 N–H and O–H groups in total. The summed E-state index contributed by atoms with van der Waals surface area (Å²) in [5, 5.41) is 0. The predicted octanol–water partition coefficient (Wildman–Crippen LogP) is 2.47. The molecule has 0 aliphatic heterocycles. The molecule has 0 amide bonds. The van der Waals surface area contributed by atoms with Crippen LogP contribution in [0.1, 0.15) is 0 Å². The minimum atomic E-state index is -0.106. The zero-order valence-electron chi connectivity index (χ0n) is 5.74. The first kappa shape index (κ1) is 11.2. The van der Waals surface area contributed by atoms with E-state index in [1.807, 2.05) is 12.1 Å². The Morgan fingerprint density at radius 1 is 1.45 bits per heavy atom. The topological polar surface area (TPSA) is 22.1 Å². The molecule has 0 atom stereocenters. The van der Waals surface area contributed by atoms with Crippen molar-refractivity contribution in [3.8, 4) is 5.88 Å². The van der Waals surface area contributed by atoms with Crippen LogP contribution in [0.4, 0.5) is 0 Å². The van der Waals surface area contributed by atoms with Crippen molar-refractivity contribution in [2.24, 2.45) is 0 Å². The maximum atomic E-state index is 4.81. The molecule has 1 aromatic rings. The van der Waals surface area contributed by atoms with Gasteiger partial charge in [-0.05, 0) is 6.07 Å². The van der Waals surface area contributed by atoms with Gasteiger partial charge in [-0.1, -0.05) is 6.07 Å². The van der Waals surface area contributed by atoms with Gasteiger partial charge in [-0.15, -0.1) is 0 Å². The summed E-state index contributed by atoms with van der Waals surface area (Å²) in [6, 6.07) is 5.54. The van der Waals surface area contributed by atoms with Gasteiger partial charge in [0, 0.05) is 12.3 Å². The normalized spacial score (nSPS) is 8.27. The molecule has 0 saturated carbocycles. The van der Waals surface area contributed by atoms with Crippen LogP contribution < -0.4 is 4.74 Å². The van der Waals surface area contributed by atoms with E-state index in [0.29, 0.717) is 5.88 Å². The van der Waals surface area contributed by atoms with Crippen LogP contribution >= 0.6 is 19.1 Å². The third kappa shape index (κ3) is 6.58. The summed E-state index contributed by atoms with van der Waals surface area (Å²) in [6.45, 7) is 0. The van der Waals surface area contributed by atoms with Crippen molar-refractivity contribution >= 4 is 19.1 Å². The molecule has 0 saturated heterocycles. The maximum absolute atomic E-state index is 4.81. The number of rotatable bonds is 1. The van der Waals surface area contributed by atoms with E-state index in [0.717, 1.165) is 0 Å². The van der Waals surface area contributed by atoms with E-state index in [1.54, 1.807) is 19.4 Å². The number of hydrogen-bond donors (Lipinski definition) is 0. The van der Waals surface area contributed by atoms with Crippen LogP contribution in [-0.4, -0.2) is 12.1 Å². The van der Waals surface area contributed by atoms with Crippen LogP contribution in [0, 0.1) is 0 Å². The number of methoxy groups -OCH3 is 1. The van der Waals surface area contributed by atoms with Gasteiger partial charge in [0.15, 0.2) is 0 Å². The predicted molar refractivity (Wildman–Crippen MR) is 42.5 cm³/mol. The molecule has 0 radical (unpaired) electrons. The van der Waals surface area contributed by atoms with Gasteiger partial charge in [0.05, 0.1) is 7.11 Å². The monoisotopic (exact) mass is 285 g/mol. The van der Waals surface area contributed by atoms with Crippen molar-refractivity contribution in [2.45, 2.75) is 0 Å². The number of hydrogen-bond acceptors (Lipinski definition) is 2. The Balaban J connectivity index is 0.000000292. The third-order valence-electron chi connectivity index (χ3n) is 0.847. The van der Waals surface area contributed by atoms with Gasteiger partial charge in [-0.3, -0.25) is 0 Å². The Labute approximate surface area is 82.0 Å². The number of ether oxygens (including phenoxy) is 1. The number of aromatic nitrogens is 1. The summed E-state index contributed by atoms with van der Waals surface area (Å²) in [6.07, 6.45) is 1.69. The molecule has 1 aromatic heterocycles. The van der Waals surface area contributed by atoms with Crippen molar-refractivity contribution in [3.05, 3.63) is 24.4 Å². The van der Waals surface area contributed by atoms with E-state index in [9.17, 15) is 0 Å². The molecule has 0 aliphatic rings. The molecule has 66 valence electrons. The Hall–Kier alpha value is 0.192. The van der Waals surface area contributed by atoms with Crippen LogP contribution in [-0.2, 0) is 15.9 Å². The van der Waals surface area contributed by atoms with Crippen molar-refractivity contribution in [2.75, 3.05) is 7.11 Å². The average molecular weight is 286 g/mol. The van der Waals surface area contributed by atoms with Gasteiger partial charge in [0.2, 0.25) is 5.88 Å². The third-order valence-corrected chi connectivity index (χ3v) is 0.847. The van der Waals surface area contributed by atoms with E-state index in [1.165, 1.54) is 0 Å². The zero-order chi connectivity index (χ0) is 8.53. The fourth-order valence-electron chi connectivity index (χ4n) is 0.468. The first-order chi connectivity index (χ1) is 5.35. The summed E-state index contributed by atoms with van der Waals surface area (Å²) in [5.74, 6) is 0.660. The van der Waals surface area contributed by atoms with E-state index in [2.05, 4.69) is 4.98 Å². The standard InChI is InChI=1S/C6H7NO.2ClH.Pd/c1-8-6-4-2-3-5-7-6;;;/h2-5H,1H3;2*1H;/q;;;+2/p-2. The van der Waals surface area contributed by atoms with Gasteiger partial charge in [0.1, 0.15) is 0 Å². The molecule has 5 heteroatoms. The Morgan fingerprint density at radius 2 is 2.09 bits per heavy atom. The summed E-state index contributed by atoms with van der Waals surface area (Å²) >= 11 is -0.106. The van der Waals surface area contributed by atoms with E-state index < -0.39 is 0 Å². The second-order valence-electron chi connectivity index (χ2n) is 1.42. The molecule has 0 spiro atoms. The molecule has 1 heterocycles. The van der Waals surface area contributed by atoms with E-state index >= 15 is 0 Å². The van der Waals surface area contributed by atoms with Crippen molar-refractivity contribution in [3.63, 3.8) is 0 Å². The molecular formula is C6H7Cl2NOPd. The molecule has 0 aromatic carbocycles. The Bertz CT molecular complexity index is 173. The van der Waals surface area contributed by atoms with E-state index in [4.69, 9.17) is 23.8 Å². The van der Waals surface area contributed by atoms with Crippen molar-refractivity contribution in [1.29, 1.82) is 0 Å². The van der Waals surface area contributed by atoms with Crippen LogP contribution in [0.2, 0.25) is 0 Å². The second-order valence-corrected chi connectivity index (χ2v) is 3.78. The molecule has 1 rings (SSSR count). The Morgan fingerprint density at radius 3 is 2.36 bits per heavy atom. The first-order valence-electron chi connectivity index (χ1n) is 2.62. The molecule has 0 bridgehead atoms. The SMILES string of the molecule is COc1ccccn1.[Cl][Pd][Cl]. The fraction of sp³-hybridized carbons (Fsp3) is 0.167. The average Bonchev–Trinajstić information content (AvgIpc) is 2.08. The van der Waals surface area contributed by atoms with Gasteiger partial charge in [-0.2, -0.15) is 0 Å².